The molecule has 0 radical (unpaired) electrons. The quantitative estimate of drug-likeness (QED) is 0.268. The molecule has 0 N–H and O–H groups in total. The normalized spacial score (nSPS) is 15.2. The molecule has 37 heavy (non-hydrogen) atoms. The van der Waals surface area contributed by atoms with Crippen LogP contribution in [0.4, 0.5) is 0 Å². The van der Waals surface area contributed by atoms with E-state index in [1.54, 1.807) is 50.8 Å². The highest BCUT2D eigenvalue weighted by molar-refractivity contribution is 14.1. The number of thiazole rings is 1. The number of aromatic nitrogens is 1. The van der Waals surface area contributed by atoms with E-state index in [0.717, 1.165) is 18.5 Å². The van der Waals surface area contributed by atoms with Gasteiger partial charge in [-0.15, -0.1) is 0 Å². The third-order valence-corrected chi connectivity index (χ3v) is 8.36. The first-order valence-corrected chi connectivity index (χ1v) is 14.2. The van der Waals surface area contributed by atoms with Gasteiger partial charge in [0.15, 0.2) is 4.80 Å². The van der Waals surface area contributed by atoms with E-state index in [-0.39, 0.29) is 17.7 Å². The highest BCUT2D eigenvalue weighted by Gasteiger charge is 2.35. The number of halogens is 2. The molecule has 0 bridgehead atoms. The number of methoxy groups -OCH3 is 3. The summed E-state index contributed by atoms with van der Waals surface area (Å²) in [5.74, 6) is 1.34. The summed E-state index contributed by atoms with van der Waals surface area (Å²) in [6.45, 7) is 3.69. The van der Waals surface area contributed by atoms with Crippen molar-refractivity contribution in [2.24, 2.45) is 4.99 Å². The summed E-state index contributed by atoms with van der Waals surface area (Å²) < 4.78 is 25.7. The number of hydrogen-bond donors (Lipinski definition) is 0. The number of rotatable bonds is 7. The van der Waals surface area contributed by atoms with Crippen molar-refractivity contribution in [1.82, 2.24) is 4.57 Å². The Bertz CT molecular complexity index is 1570. The van der Waals surface area contributed by atoms with Crippen LogP contribution in [0.1, 0.15) is 31.0 Å². The molecule has 3 aromatic rings. The van der Waals surface area contributed by atoms with Gasteiger partial charge in [-0.2, -0.15) is 0 Å². The van der Waals surface area contributed by atoms with Crippen molar-refractivity contribution in [2.75, 3.05) is 27.9 Å². The number of hydrogen-bond acceptors (Lipinski definition) is 8. The Morgan fingerprint density at radius 2 is 1.81 bits per heavy atom. The topological polar surface area (TPSA) is 88.4 Å². The van der Waals surface area contributed by atoms with Gasteiger partial charge in [0.05, 0.1) is 50.9 Å². The lowest BCUT2D eigenvalue weighted by molar-refractivity contribution is -0.139. The Balaban J connectivity index is 1.98. The summed E-state index contributed by atoms with van der Waals surface area (Å²) in [5.41, 5.74) is 2.00. The van der Waals surface area contributed by atoms with Crippen LogP contribution in [0.25, 0.3) is 6.08 Å². The van der Waals surface area contributed by atoms with Crippen LogP contribution in [0.3, 0.4) is 0 Å². The molecule has 0 saturated carbocycles. The number of esters is 1. The maximum absolute atomic E-state index is 13.9. The average Bonchev–Trinajstić information content (AvgIpc) is 3.16. The molecule has 0 saturated heterocycles. The monoisotopic (exact) mass is 746 g/mol. The van der Waals surface area contributed by atoms with E-state index in [1.165, 1.54) is 18.4 Å². The zero-order chi connectivity index (χ0) is 26.9. The molecule has 11 heteroatoms. The molecule has 1 aliphatic heterocycles. The zero-order valence-corrected chi connectivity index (χ0v) is 25.9. The minimum absolute atomic E-state index is 0.196. The zero-order valence-electron chi connectivity index (χ0n) is 20.8. The number of allylic oxidation sites excluding steroid dienone is 1. The molecule has 0 amide bonds. The molecule has 1 atom stereocenters. The van der Waals surface area contributed by atoms with Crippen LogP contribution in [-0.4, -0.2) is 38.5 Å². The van der Waals surface area contributed by atoms with E-state index in [9.17, 15) is 9.59 Å². The lowest BCUT2D eigenvalue weighted by atomic mass is 9.95. The van der Waals surface area contributed by atoms with Crippen molar-refractivity contribution in [3.8, 4) is 17.2 Å². The molecule has 8 nitrogen and oxygen atoms in total. The molecule has 0 fully saturated rings. The SMILES string of the molecule is CCOC(=O)C1=C(C)N=c2s/c(=C\c3cc(I)c(OC)c(I)c3)c(=O)n2[C@@H]1c1ccc(OC)cc1OC. The van der Waals surface area contributed by atoms with Crippen molar-refractivity contribution in [3.05, 3.63) is 79.6 Å². The Morgan fingerprint density at radius 3 is 2.41 bits per heavy atom. The number of nitrogens with zero attached hydrogens (tertiary/aromatic N) is 2. The Morgan fingerprint density at radius 1 is 1.11 bits per heavy atom. The number of carbonyl (C=O) groups excluding carboxylic acids is 1. The first kappa shape index (κ1) is 27.6. The number of benzene rings is 2. The summed E-state index contributed by atoms with van der Waals surface area (Å²) in [6.07, 6.45) is 1.83. The fraction of sp³-hybridized carbons (Fsp3) is 0.269. The molecule has 4 rings (SSSR count). The maximum Gasteiger partial charge on any atom is 0.338 e. The van der Waals surface area contributed by atoms with Crippen LogP contribution in [0.5, 0.6) is 17.2 Å². The highest BCUT2D eigenvalue weighted by atomic mass is 127. The van der Waals surface area contributed by atoms with Crippen molar-refractivity contribution >= 4 is 68.6 Å². The molecule has 2 heterocycles. The van der Waals surface area contributed by atoms with Crippen molar-refractivity contribution < 1.29 is 23.7 Å². The molecule has 0 spiro atoms. The van der Waals surface area contributed by atoms with Crippen molar-refractivity contribution in [3.63, 3.8) is 0 Å². The first-order valence-electron chi connectivity index (χ1n) is 11.2. The minimum Gasteiger partial charge on any atom is -0.497 e. The summed E-state index contributed by atoms with van der Waals surface area (Å²) in [5, 5.41) is 0. The molecule has 194 valence electrons. The van der Waals surface area contributed by atoms with Crippen LogP contribution in [-0.2, 0) is 9.53 Å². The Hall–Kier alpha value is -2.39. The van der Waals surface area contributed by atoms with Gasteiger partial charge in [-0.05, 0) is 94.9 Å². The lowest BCUT2D eigenvalue weighted by Crippen LogP contribution is -2.40. The van der Waals surface area contributed by atoms with E-state index < -0.39 is 12.0 Å². The molecule has 1 aliphatic rings. The second-order valence-corrected chi connectivity index (χ2v) is 11.3. The minimum atomic E-state index is -0.783. The summed E-state index contributed by atoms with van der Waals surface area (Å²) >= 11 is 5.70. The Kier molecular flexibility index (Phi) is 8.63. The Labute approximate surface area is 244 Å². The lowest BCUT2D eigenvalue weighted by Gasteiger charge is -2.26. The van der Waals surface area contributed by atoms with E-state index >= 15 is 0 Å². The van der Waals surface area contributed by atoms with Crippen LogP contribution in [0.15, 0.2) is 51.4 Å². The van der Waals surface area contributed by atoms with Gasteiger partial charge in [-0.1, -0.05) is 11.3 Å². The van der Waals surface area contributed by atoms with E-state index in [0.29, 0.717) is 32.1 Å². The highest BCUT2D eigenvalue weighted by Crippen LogP contribution is 2.37. The van der Waals surface area contributed by atoms with Gasteiger partial charge in [0.2, 0.25) is 0 Å². The molecular weight excluding hydrogens is 722 g/mol. The smallest absolute Gasteiger partial charge is 0.338 e. The van der Waals surface area contributed by atoms with Crippen LogP contribution in [0.2, 0.25) is 0 Å². The summed E-state index contributed by atoms with van der Waals surface area (Å²) in [6, 6.07) is 8.43. The van der Waals surface area contributed by atoms with Gasteiger partial charge in [0, 0.05) is 11.6 Å². The number of ether oxygens (including phenoxy) is 4. The second kappa shape index (κ2) is 11.6. The summed E-state index contributed by atoms with van der Waals surface area (Å²) in [4.78, 5) is 32.1. The van der Waals surface area contributed by atoms with Gasteiger partial charge in [0.25, 0.3) is 5.56 Å². The number of carbonyl (C=O) groups is 1. The van der Waals surface area contributed by atoms with Gasteiger partial charge < -0.3 is 18.9 Å². The number of fused-ring (bicyclic) bond motifs is 1. The molecule has 2 aromatic carbocycles. The predicted octanol–water partition coefficient (Wildman–Crippen LogP) is 4.03. The van der Waals surface area contributed by atoms with Crippen molar-refractivity contribution in [2.45, 2.75) is 19.9 Å². The van der Waals surface area contributed by atoms with Gasteiger partial charge in [-0.3, -0.25) is 9.36 Å². The first-order chi connectivity index (χ1) is 17.7. The van der Waals surface area contributed by atoms with E-state index in [1.807, 2.05) is 18.2 Å². The van der Waals surface area contributed by atoms with Gasteiger partial charge in [0.1, 0.15) is 23.3 Å². The fourth-order valence-electron chi connectivity index (χ4n) is 4.14. The predicted molar refractivity (Wildman–Crippen MR) is 158 cm³/mol. The third-order valence-electron chi connectivity index (χ3n) is 5.77. The largest absolute Gasteiger partial charge is 0.497 e. The standard InChI is InChI=1S/C26H24I2N2O6S/c1-6-36-25(32)21-13(2)29-26-30(22(21)16-8-7-15(33-3)12-19(16)34-4)24(31)20(37-26)11-14-9-17(27)23(35-5)18(28)10-14/h7-12,22H,6H2,1-5H3/b20-11-/t22-/m1/s1. The second-order valence-electron chi connectivity index (χ2n) is 7.93. The van der Waals surface area contributed by atoms with Crippen LogP contribution < -0.4 is 29.1 Å². The third kappa shape index (κ3) is 5.30. The fourth-order valence-corrected chi connectivity index (χ4v) is 7.44. The molecular formula is C26H24I2N2O6S. The van der Waals surface area contributed by atoms with Crippen molar-refractivity contribution in [1.29, 1.82) is 0 Å². The summed E-state index contributed by atoms with van der Waals surface area (Å²) in [7, 11) is 4.73. The molecule has 0 aliphatic carbocycles. The molecule has 0 unspecified atom stereocenters. The van der Waals surface area contributed by atoms with Gasteiger partial charge in [-0.25, -0.2) is 9.79 Å². The van der Waals surface area contributed by atoms with Crippen LogP contribution >= 0.6 is 56.5 Å². The van der Waals surface area contributed by atoms with Gasteiger partial charge >= 0.3 is 5.97 Å². The molecule has 1 aromatic heterocycles. The van der Waals surface area contributed by atoms with Crippen LogP contribution in [0, 0.1) is 7.14 Å². The van der Waals surface area contributed by atoms with E-state index in [4.69, 9.17) is 18.9 Å². The maximum atomic E-state index is 13.9. The average molecular weight is 746 g/mol. The van der Waals surface area contributed by atoms with E-state index in [2.05, 4.69) is 50.2 Å².